The van der Waals surface area contributed by atoms with E-state index in [4.69, 9.17) is 15.0 Å². The van der Waals surface area contributed by atoms with Gasteiger partial charge in [-0.05, 0) is 81.1 Å². The molecule has 8 nitrogen and oxygen atoms in total. The van der Waals surface area contributed by atoms with E-state index in [1.54, 1.807) is 6.92 Å². The lowest BCUT2D eigenvalue weighted by Crippen LogP contribution is -2.15. The number of carboxylic acid groups (broad SMARTS) is 1. The zero-order chi connectivity index (χ0) is 29.3. The van der Waals surface area contributed by atoms with E-state index in [0.29, 0.717) is 29.8 Å². The van der Waals surface area contributed by atoms with Crippen molar-refractivity contribution < 1.29 is 19.8 Å². The number of aliphatic hydroxyl groups is 1. The molecule has 6 rings (SSSR count). The minimum atomic E-state index is -0.846. The maximum atomic E-state index is 12.8. The Balaban J connectivity index is 1.62. The molecular weight excluding hydrogens is 516 g/mol. The molecule has 0 saturated carbocycles. The molecule has 0 aromatic heterocycles. The number of aliphatic imine (C=N–C) groups is 3. The molecule has 0 aromatic carbocycles. The Morgan fingerprint density at radius 1 is 1.00 bits per heavy atom. The number of fused-ring (bicyclic) bond motifs is 5. The van der Waals surface area contributed by atoms with Crippen molar-refractivity contribution in [3.63, 3.8) is 0 Å². The van der Waals surface area contributed by atoms with Crippen molar-refractivity contribution in [1.29, 1.82) is 0 Å². The molecule has 5 heterocycles. The SMILES string of the molecule is CCC1=C(C)C2=NC1=CC1=C(C)C3=C(O)CC(=C4NC(=CC5=NC(=C2)C(C(C)=O)=C5C)[C@@H](C)[C@@H]4CCC(=O)O)C3=N1. The number of nitrogens with zero attached hydrogens (tertiary/aromatic N) is 3. The summed E-state index contributed by atoms with van der Waals surface area (Å²) in [4.78, 5) is 39.3. The normalized spacial score (nSPS) is 25.0. The van der Waals surface area contributed by atoms with Crippen LogP contribution in [0.1, 0.15) is 67.2 Å². The number of ketones is 1. The summed E-state index contributed by atoms with van der Waals surface area (Å²) in [5.74, 6) is -0.760. The summed E-state index contributed by atoms with van der Waals surface area (Å²) in [6.45, 7) is 11.7. The highest BCUT2D eigenvalue weighted by molar-refractivity contribution is 6.22. The number of allylic oxidation sites excluding steroid dienone is 12. The molecule has 0 amide bonds. The van der Waals surface area contributed by atoms with Crippen LogP contribution in [0.2, 0.25) is 0 Å². The summed E-state index contributed by atoms with van der Waals surface area (Å²) >= 11 is 0. The molecule has 2 atom stereocenters. The molecule has 1 fully saturated rings. The van der Waals surface area contributed by atoms with Gasteiger partial charge in [0.05, 0.1) is 34.2 Å². The Morgan fingerprint density at radius 3 is 2.39 bits per heavy atom. The van der Waals surface area contributed by atoms with E-state index in [1.807, 2.05) is 39.0 Å². The van der Waals surface area contributed by atoms with E-state index in [0.717, 1.165) is 74.1 Å². The first kappa shape index (κ1) is 26.9. The van der Waals surface area contributed by atoms with Crippen LogP contribution < -0.4 is 5.32 Å². The quantitative estimate of drug-likeness (QED) is 0.381. The number of hydrogen-bond donors (Lipinski definition) is 3. The number of aliphatic hydroxyl groups excluding tert-OH is 1. The van der Waals surface area contributed by atoms with Crippen molar-refractivity contribution in [2.24, 2.45) is 26.8 Å². The van der Waals surface area contributed by atoms with Gasteiger partial charge in [-0.1, -0.05) is 13.8 Å². The fraction of sp³-hybridized carbons (Fsp3) is 0.364. The van der Waals surface area contributed by atoms with Gasteiger partial charge >= 0.3 is 5.97 Å². The van der Waals surface area contributed by atoms with Crippen LogP contribution in [0, 0.1) is 11.8 Å². The highest BCUT2D eigenvalue weighted by Crippen LogP contribution is 2.46. The number of rotatable bonds is 5. The van der Waals surface area contributed by atoms with Gasteiger partial charge in [-0.25, -0.2) is 15.0 Å². The molecule has 1 saturated heterocycles. The van der Waals surface area contributed by atoms with E-state index in [2.05, 4.69) is 19.2 Å². The lowest BCUT2D eigenvalue weighted by Gasteiger charge is -2.17. The highest BCUT2D eigenvalue weighted by Gasteiger charge is 2.41. The van der Waals surface area contributed by atoms with Crippen molar-refractivity contribution in [3.8, 4) is 0 Å². The van der Waals surface area contributed by atoms with Crippen LogP contribution in [0.25, 0.3) is 0 Å². The van der Waals surface area contributed by atoms with Gasteiger partial charge in [0.15, 0.2) is 5.78 Å². The third-order valence-electron chi connectivity index (χ3n) is 9.07. The van der Waals surface area contributed by atoms with Crippen LogP contribution in [0.3, 0.4) is 0 Å². The van der Waals surface area contributed by atoms with Crippen LogP contribution in [-0.4, -0.2) is 39.1 Å². The standard InChI is InChI=1S/C33H34N4O4/c1-7-19-14(2)22-13-27-30(18(6)38)16(4)24(35-27)11-23-15(3)20(8-9-29(40)41)32(36-23)21-10-28(39)31-17(5)25(37-33(21)31)12-26(19)34-22/h11-13,15,20,36,39H,7-10H2,1-6H3,(H,40,41)/t15-,20-/m0/s1. The zero-order valence-corrected chi connectivity index (χ0v) is 24.3. The lowest BCUT2D eigenvalue weighted by molar-refractivity contribution is -0.137. The van der Waals surface area contributed by atoms with Gasteiger partial charge in [-0.3, -0.25) is 9.59 Å². The first-order valence-electron chi connectivity index (χ1n) is 14.2. The van der Waals surface area contributed by atoms with Gasteiger partial charge in [0.25, 0.3) is 0 Å². The third-order valence-corrected chi connectivity index (χ3v) is 9.07. The van der Waals surface area contributed by atoms with Crippen LogP contribution >= 0.6 is 0 Å². The lowest BCUT2D eigenvalue weighted by atomic mass is 9.86. The molecule has 1 aliphatic carbocycles. The van der Waals surface area contributed by atoms with Crippen LogP contribution in [-0.2, 0) is 9.59 Å². The number of nitrogens with one attached hydrogen (secondary N) is 1. The average molecular weight is 551 g/mol. The maximum absolute atomic E-state index is 12.8. The molecule has 0 unspecified atom stereocenters. The Labute approximate surface area is 239 Å². The molecule has 0 aromatic rings. The fourth-order valence-corrected chi connectivity index (χ4v) is 6.83. The maximum Gasteiger partial charge on any atom is 0.303 e. The van der Waals surface area contributed by atoms with E-state index < -0.39 is 5.97 Å². The number of carbonyl (C=O) groups excluding carboxylic acids is 1. The van der Waals surface area contributed by atoms with E-state index >= 15 is 0 Å². The summed E-state index contributed by atoms with van der Waals surface area (Å²) in [6.07, 6.45) is 7.45. The Kier molecular flexibility index (Phi) is 6.32. The Bertz CT molecular complexity index is 1710. The van der Waals surface area contributed by atoms with Crippen LogP contribution in [0.4, 0.5) is 0 Å². The van der Waals surface area contributed by atoms with Gasteiger partial charge in [0, 0.05) is 52.8 Å². The average Bonchev–Trinajstić information content (AvgIpc) is 3.65. The second kappa shape index (κ2) is 9.65. The molecule has 210 valence electrons. The van der Waals surface area contributed by atoms with Crippen molar-refractivity contribution in [2.75, 3.05) is 0 Å². The minimum absolute atomic E-state index is 0.0287. The van der Waals surface area contributed by atoms with Gasteiger partial charge in [0.1, 0.15) is 5.76 Å². The number of Topliss-reactive ketones (excluding diaryl/α,β-unsaturated/α-hetero) is 1. The third kappa shape index (κ3) is 4.15. The Morgan fingerprint density at radius 2 is 1.71 bits per heavy atom. The number of carboxylic acids is 1. The van der Waals surface area contributed by atoms with Crippen molar-refractivity contribution >= 4 is 28.9 Å². The predicted octanol–water partition coefficient (Wildman–Crippen LogP) is 6.11. The summed E-state index contributed by atoms with van der Waals surface area (Å²) < 4.78 is 0. The second-order valence-corrected chi connectivity index (χ2v) is 11.5. The molecule has 0 spiro atoms. The molecule has 8 bridgehead atoms. The van der Waals surface area contributed by atoms with Crippen LogP contribution in [0.5, 0.6) is 0 Å². The molecule has 41 heavy (non-hydrogen) atoms. The van der Waals surface area contributed by atoms with E-state index in [9.17, 15) is 19.8 Å². The molecule has 6 aliphatic rings. The number of hydrogen-bond acceptors (Lipinski definition) is 7. The summed E-state index contributed by atoms with van der Waals surface area (Å²) in [7, 11) is 0. The van der Waals surface area contributed by atoms with Gasteiger partial charge in [-0.15, -0.1) is 0 Å². The second-order valence-electron chi connectivity index (χ2n) is 11.5. The van der Waals surface area contributed by atoms with Gasteiger partial charge in [0.2, 0.25) is 0 Å². The van der Waals surface area contributed by atoms with Gasteiger partial charge in [-0.2, -0.15) is 0 Å². The van der Waals surface area contributed by atoms with E-state index in [-0.39, 0.29) is 29.8 Å². The van der Waals surface area contributed by atoms with E-state index in [1.165, 1.54) is 0 Å². The molecule has 8 heteroatoms. The summed E-state index contributed by atoms with van der Waals surface area (Å²) in [5.41, 5.74) is 12.3. The molecule has 0 radical (unpaired) electrons. The van der Waals surface area contributed by atoms with Crippen molar-refractivity contribution in [2.45, 2.75) is 67.2 Å². The first-order chi connectivity index (χ1) is 19.5. The zero-order valence-electron chi connectivity index (χ0n) is 24.3. The topological polar surface area (TPSA) is 124 Å². The van der Waals surface area contributed by atoms with Crippen LogP contribution in [0.15, 0.2) is 106 Å². The summed E-state index contributed by atoms with van der Waals surface area (Å²) in [5, 5.41) is 24.2. The molecular formula is C33H34N4O4. The first-order valence-corrected chi connectivity index (χ1v) is 14.2. The molecule has 5 aliphatic heterocycles. The summed E-state index contributed by atoms with van der Waals surface area (Å²) in [6, 6.07) is 0. The Hall–Kier alpha value is -4.33. The number of aliphatic carboxylic acids is 1. The fourth-order valence-electron chi connectivity index (χ4n) is 6.83. The highest BCUT2D eigenvalue weighted by atomic mass is 16.4. The molecule has 3 N–H and O–H groups in total. The largest absolute Gasteiger partial charge is 0.511 e. The predicted molar refractivity (Wildman–Crippen MR) is 160 cm³/mol. The van der Waals surface area contributed by atoms with Gasteiger partial charge < -0.3 is 15.5 Å². The van der Waals surface area contributed by atoms with Crippen molar-refractivity contribution in [3.05, 3.63) is 91.5 Å². The number of carbonyl (C=O) groups is 2. The minimum Gasteiger partial charge on any atom is -0.511 e. The van der Waals surface area contributed by atoms with Crippen molar-refractivity contribution in [1.82, 2.24) is 5.32 Å². The smallest absolute Gasteiger partial charge is 0.303 e. The monoisotopic (exact) mass is 550 g/mol.